The van der Waals surface area contributed by atoms with E-state index >= 15 is 0 Å². The Morgan fingerprint density at radius 3 is 2.88 bits per heavy atom. The Kier molecular flexibility index (Phi) is 5.78. The van der Waals surface area contributed by atoms with Crippen LogP contribution >= 0.6 is 11.5 Å². The largest absolute Gasteiger partial charge is 0.388 e. The minimum Gasteiger partial charge on any atom is -0.388 e. The van der Waals surface area contributed by atoms with Gasteiger partial charge in [-0.2, -0.15) is 4.37 Å². The van der Waals surface area contributed by atoms with Gasteiger partial charge < -0.3 is 14.7 Å². The number of anilines is 1. The van der Waals surface area contributed by atoms with E-state index in [9.17, 15) is 5.11 Å². The minimum absolute atomic E-state index is 0.167. The van der Waals surface area contributed by atoms with Crippen molar-refractivity contribution in [3.63, 3.8) is 0 Å². The van der Waals surface area contributed by atoms with Crippen molar-refractivity contribution in [3.8, 4) is 0 Å². The maximum Gasteiger partial charge on any atom is 0.204 e. The van der Waals surface area contributed by atoms with Crippen LogP contribution < -0.4 is 4.90 Å². The van der Waals surface area contributed by atoms with E-state index in [1.54, 1.807) is 0 Å². The molecule has 6 nitrogen and oxygen atoms in total. The number of hydrogen-bond donors (Lipinski definition) is 1. The third-order valence-corrected chi connectivity index (χ3v) is 5.14. The van der Waals surface area contributed by atoms with Gasteiger partial charge in [-0.05, 0) is 12.0 Å². The molecule has 0 aliphatic carbocycles. The van der Waals surface area contributed by atoms with E-state index in [1.165, 1.54) is 11.5 Å². The zero-order valence-electron chi connectivity index (χ0n) is 14.1. The van der Waals surface area contributed by atoms with Crippen molar-refractivity contribution in [2.45, 2.75) is 25.1 Å². The number of rotatable bonds is 6. The van der Waals surface area contributed by atoms with Gasteiger partial charge in [-0.25, -0.2) is 4.98 Å². The second-order valence-corrected chi connectivity index (χ2v) is 6.98. The van der Waals surface area contributed by atoms with Crippen LogP contribution in [0.5, 0.6) is 0 Å². The van der Waals surface area contributed by atoms with E-state index in [0.29, 0.717) is 26.2 Å². The molecule has 1 saturated heterocycles. The van der Waals surface area contributed by atoms with Crippen molar-refractivity contribution in [1.82, 2.24) is 14.3 Å². The Morgan fingerprint density at radius 2 is 2.17 bits per heavy atom. The Balaban J connectivity index is 1.64. The lowest BCUT2D eigenvalue weighted by atomic mass is 10.0. The molecule has 0 amide bonds. The molecule has 0 spiro atoms. The van der Waals surface area contributed by atoms with Crippen LogP contribution in [-0.2, 0) is 11.3 Å². The molecule has 0 bridgehead atoms. The first-order valence-corrected chi connectivity index (χ1v) is 8.95. The van der Waals surface area contributed by atoms with Gasteiger partial charge in [0, 0.05) is 38.2 Å². The van der Waals surface area contributed by atoms with Crippen molar-refractivity contribution in [2.75, 3.05) is 38.8 Å². The minimum atomic E-state index is -0.485. The molecule has 1 aromatic carbocycles. The molecule has 1 aliphatic rings. The van der Waals surface area contributed by atoms with E-state index in [-0.39, 0.29) is 6.04 Å². The van der Waals surface area contributed by atoms with Crippen molar-refractivity contribution < 1.29 is 9.84 Å². The van der Waals surface area contributed by atoms with E-state index in [0.717, 1.165) is 23.1 Å². The summed E-state index contributed by atoms with van der Waals surface area (Å²) in [5, 5.41) is 11.4. The van der Waals surface area contributed by atoms with Gasteiger partial charge in [0.05, 0.1) is 25.9 Å². The highest BCUT2D eigenvalue weighted by Gasteiger charge is 2.27. The summed E-state index contributed by atoms with van der Waals surface area (Å²) in [6.07, 6.45) is 0.162. The molecule has 130 valence electrons. The third kappa shape index (κ3) is 4.30. The Hall–Kier alpha value is -1.54. The summed E-state index contributed by atoms with van der Waals surface area (Å²) in [7, 11) is 3.94. The SMILES string of the molecule is CN(C)c1nc(CN2CCOCC2CC(O)c2ccccc2)ns1. The second kappa shape index (κ2) is 8.02. The van der Waals surface area contributed by atoms with Gasteiger partial charge in [0.2, 0.25) is 5.13 Å². The molecule has 3 rings (SSSR count). The molecule has 1 N–H and O–H groups in total. The highest BCUT2D eigenvalue weighted by Crippen LogP contribution is 2.24. The number of aliphatic hydroxyl groups is 1. The maximum absolute atomic E-state index is 10.5. The van der Waals surface area contributed by atoms with Crippen LogP contribution in [0.2, 0.25) is 0 Å². The van der Waals surface area contributed by atoms with E-state index in [1.807, 2.05) is 49.3 Å². The summed E-state index contributed by atoms with van der Waals surface area (Å²) in [6, 6.07) is 9.96. The Labute approximate surface area is 146 Å². The molecule has 2 aromatic rings. The lowest BCUT2D eigenvalue weighted by Crippen LogP contribution is -2.45. The average molecular weight is 348 g/mol. The van der Waals surface area contributed by atoms with E-state index in [2.05, 4.69) is 14.3 Å². The van der Waals surface area contributed by atoms with Crippen LogP contribution in [0.15, 0.2) is 30.3 Å². The van der Waals surface area contributed by atoms with Crippen molar-refractivity contribution in [1.29, 1.82) is 0 Å². The molecule has 2 unspecified atom stereocenters. The van der Waals surface area contributed by atoms with Gasteiger partial charge in [-0.15, -0.1) is 0 Å². The predicted octanol–water partition coefficient (Wildman–Crippen LogP) is 1.93. The first-order valence-electron chi connectivity index (χ1n) is 8.18. The topological polar surface area (TPSA) is 61.7 Å². The average Bonchev–Trinajstić information content (AvgIpc) is 3.06. The van der Waals surface area contributed by atoms with Gasteiger partial charge in [-0.3, -0.25) is 4.90 Å². The molecule has 7 heteroatoms. The van der Waals surface area contributed by atoms with Crippen molar-refractivity contribution in [3.05, 3.63) is 41.7 Å². The first kappa shape index (κ1) is 17.3. The zero-order valence-corrected chi connectivity index (χ0v) is 14.9. The predicted molar refractivity (Wildman–Crippen MR) is 95.3 cm³/mol. The first-order chi connectivity index (χ1) is 11.6. The van der Waals surface area contributed by atoms with Gasteiger partial charge in [-0.1, -0.05) is 30.3 Å². The molecule has 2 atom stereocenters. The van der Waals surface area contributed by atoms with Gasteiger partial charge >= 0.3 is 0 Å². The van der Waals surface area contributed by atoms with Crippen molar-refractivity contribution in [2.24, 2.45) is 0 Å². The van der Waals surface area contributed by atoms with Crippen LogP contribution in [0, 0.1) is 0 Å². The lowest BCUT2D eigenvalue weighted by Gasteiger charge is -2.36. The quantitative estimate of drug-likeness (QED) is 0.861. The van der Waals surface area contributed by atoms with E-state index < -0.39 is 6.10 Å². The standard InChI is InChI=1S/C17H24N4O2S/c1-20(2)17-18-16(19-24-17)11-21-8-9-23-12-14(21)10-15(22)13-6-4-3-5-7-13/h3-7,14-15,22H,8-12H2,1-2H3. The summed E-state index contributed by atoms with van der Waals surface area (Å²) in [6.45, 7) is 2.87. The molecule has 0 saturated carbocycles. The number of benzene rings is 1. The van der Waals surface area contributed by atoms with Gasteiger partial charge in [0.15, 0.2) is 5.82 Å². The smallest absolute Gasteiger partial charge is 0.204 e. The highest BCUT2D eigenvalue weighted by molar-refractivity contribution is 7.09. The van der Waals surface area contributed by atoms with Crippen LogP contribution in [0.4, 0.5) is 5.13 Å². The van der Waals surface area contributed by atoms with Gasteiger partial charge in [0.1, 0.15) is 0 Å². The van der Waals surface area contributed by atoms with Crippen LogP contribution in [0.25, 0.3) is 0 Å². The van der Waals surface area contributed by atoms with Crippen LogP contribution in [0.3, 0.4) is 0 Å². The number of hydrogen-bond acceptors (Lipinski definition) is 7. The summed E-state index contributed by atoms with van der Waals surface area (Å²) in [5.74, 6) is 0.838. The molecule has 1 aliphatic heterocycles. The normalized spacial score (nSPS) is 20.0. The summed E-state index contributed by atoms with van der Waals surface area (Å²) < 4.78 is 10.1. The third-order valence-electron chi connectivity index (χ3n) is 4.21. The number of morpholine rings is 1. The fourth-order valence-electron chi connectivity index (χ4n) is 2.86. The van der Waals surface area contributed by atoms with Gasteiger partial charge in [0.25, 0.3) is 0 Å². The monoisotopic (exact) mass is 348 g/mol. The summed E-state index contributed by atoms with van der Waals surface area (Å²) in [5.41, 5.74) is 0.949. The zero-order chi connectivity index (χ0) is 16.9. The Bertz CT molecular complexity index is 635. The number of aromatic nitrogens is 2. The second-order valence-electron chi connectivity index (χ2n) is 6.25. The fraction of sp³-hybridized carbons (Fsp3) is 0.529. The highest BCUT2D eigenvalue weighted by atomic mass is 32.1. The molecular formula is C17H24N4O2S. The molecule has 1 aromatic heterocycles. The Morgan fingerprint density at radius 1 is 1.38 bits per heavy atom. The van der Waals surface area contributed by atoms with Crippen molar-refractivity contribution >= 4 is 16.7 Å². The lowest BCUT2D eigenvalue weighted by molar-refractivity contribution is -0.0308. The summed E-state index contributed by atoms with van der Waals surface area (Å²) >= 11 is 1.42. The molecule has 1 fully saturated rings. The van der Waals surface area contributed by atoms with Crippen LogP contribution in [-0.4, -0.2) is 59.3 Å². The number of aliphatic hydroxyl groups excluding tert-OH is 1. The molecule has 24 heavy (non-hydrogen) atoms. The molecular weight excluding hydrogens is 324 g/mol. The maximum atomic E-state index is 10.5. The number of ether oxygens (including phenoxy) is 1. The van der Waals surface area contributed by atoms with E-state index in [4.69, 9.17) is 4.74 Å². The molecule has 0 radical (unpaired) electrons. The fourth-order valence-corrected chi connectivity index (χ4v) is 3.45. The molecule has 2 heterocycles. The summed E-state index contributed by atoms with van der Waals surface area (Å²) in [4.78, 5) is 8.85. The number of nitrogens with zero attached hydrogens (tertiary/aromatic N) is 4. The van der Waals surface area contributed by atoms with Crippen LogP contribution in [0.1, 0.15) is 23.9 Å².